The van der Waals surface area contributed by atoms with Crippen LogP contribution in [0.25, 0.3) is 0 Å². The number of methoxy groups -OCH3 is 1. The van der Waals surface area contributed by atoms with Gasteiger partial charge in [-0.2, -0.15) is 22.0 Å². The zero-order chi connectivity index (χ0) is 26.5. The summed E-state index contributed by atoms with van der Waals surface area (Å²) in [5.41, 5.74) is 0.0795. The number of fused-ring (bicyclic) bond motifs is 1. The highest BCUT2D eigenvalue weighted by molar-refractivity contribution is 5.40. The van der Waals surface area contributed by atoms with Crippen molar-refractivity contribution in [2.75, 3.05) is 20.2 Å². The summed E-state index contributed by atoms with van der Waals surface area (Å²) in [6.07, 6.45) is -5.29. The van der Waals surface area contributed by atoms with E-state index in [2.05, 4.69) is 15.5 Å². The molecule has 1 fully saturated rings. The van der Waals surface area contributed by atoms with E-state index < -0.39 is 29.5 Å². The maximum atomic E-state index is 14.9. The van der Waals surface area contributed by atoms with Crippen molar-refractivity contribution in [1.29, 1.82) is 0 Å². The molecule has 2 unspecified atom stereocenters. The molecular weight excluding hydrogens is 485 g/mol. The maximum Gasteiger partial charge on any atom is 0.417 e. The molecule has 2 aromatic rings. The number of piperidine rings is 1. The van der Waals surface area contributed by atoms with Crippen LogP contribution in [0.1, 0.15) is 40.7 Å². The van der Waals surface area contributed by atoms with E-state index in [-0.39, 0.29) is 12.3 Å². The summed E-state index contributed by atoms with van der Waals surface area (Å²) in [6, 6.07) is 8.24. The molecule has 0 spiro atoms. The Bertz CT molecular complexity index is 1030. The predicted molar refractivity (Wildman–Crippen MR) is 123 cm³/mol. The molecule has 0 amide bonds. The molecule has 36 heavy (non-hydrogen) atoms. The number of nitrogens with zero attached hydrogens (tertiary/aromatic N) is 1. The molecule has 6 nitrogen and oxygen atoms in total. The average molecular weight is 516 g/mol. The Labute approximate surface area is 206 Å². The number of ether oxygens (including phenoxy) is 1. The topological polar surface area (TPSA) is 73.8 Å². The highest BCUT2D eigenvalue weighted by Crippen LogP contribution is 2.42. The minimum Gasteiger partial charge on any atom is -0.497 e. The van der Waals surface area contributed by atoms with Crippen molar-refractivity contribution < 1.29 is 36.6 Å². The van der Waals surface area contributed by atoms with Crippen LogP contribution < -0.4 is 15.4 Å². The van der Waals surface area contributed by atoms with Crippen LogP contribution in [0.2, 0.25) is 0 Å². The SMILES string of the molecule is C=O.COc1ccc(C(F)(F)C(O)NCc2ccc3c(c2)CN(C2CCCNC2)C3)c(C(F)(F)F)c1. The first-order valence-corrected chi connectivity index (χ1v) is 11.5. The third kappa shape index (κ3) is 6.20. The first kappa shape index (κ1) is 28.0. The van der Waals surface area contributed by atoms with E-state index in [4.69, 9.17) is 9.53 Å². The summed E-state index contributed by atoms with van der Waals surface area (Å²) in [7, 11) is 1.14. The molecule has 0 saturated carbocycles. The number of halogens is 5. The second-order valence-electron chi connectivity index (χ2n) is 8.82. The molecular formula is C25H30F5N3O3. The van der Waals surface area contributed by atoms with Crippen LogP contribution in [0.5, 0.6) is 5.75 Å². The molecule has 0 bridgehead atoms. The van der Waals surface area contributed by atoms with Gasteiger partial charge >= 0.3 is 12.1 Å². The first-order chi connectivity index (χ1) is 17.1. The van der Waals surface area contributed by atoms with Crippen LogP contribution >= 0.6 is 0 Å². The maximum absolute atomic E-state index is 14.9. The van der Waals surface area contributed by atoms with E-state index in [9.17, 15) is 27.1 Å². The Kier molecular flexibility index (Phi) is 9.04. The Hall–Kier alpha value is -2.60. The van der Waals surface area contributed by atoms with Crippen molar-refractivity contribution in [2.24, 2.45) is 0 Å². The van der Waals surface area contributed by atoms with E-state index in [0.717, 1.165) is 57.8 Å². The number of hydrogen-bond acceptors (Lipinski definition) is 6. The first-order valence-electron chi connectivity index (χ1n) is 11.5. The van der Waals surface area contributed by atoms with Crippen LogP contribution in [0.4, 0.5) is 22.0 Å². The lowest BCUT2D eigenvalue weighted by molar-refractivity contribution is -0.155. The van der Waals surface area contributed by atoms with Gasteiger partial charge in [0.25, 0.3) is 0 Å². The van der Waals surface area contributed by atoms with Gasteiger partial charge in [-0.25, -0.2) is 0 Å². The van der Waals surface area contributed by atoms with Gasteiger partial charge in [-0.05, 0) is 54.3 Å². The Balaban J connectivity index is 0.00000176. The zero-order valence-electron chi connectivity index (χ0n) is 19.9. The number of hydrogen-bond donors (Lipinski definition) is 3. The number of benzene rings is 2. The van der Waals surface area contributed by atoms with Gasteiger partial charge in [0.1, 0.15) is 12.5 Å². The normalized spacial score (nSPS) is 19.2. The van der Waals surface area contributed by atoms with Gasteiger partial charge in [0, 0.05) is 37.8 Å². The third-order valence-corrected chi connectivity index (χ3v) is 6.54. The Morgan fingerprint density at radius 1 is 1.11 bits per heavy atom. The van der Waals surface area contributed by atoms with Crippen molar-refractivity contribution in [1.82, 2.24) is 15.5 Å². The number of carbonyl (C=O) groups excluding carboxylic acids is 1. The van der Waals surface area contributed by atoms with Gasteiger partial charge in [-0.1, -0.05) is 18.2 Å². The fourth-order valence-electron chi connectivity index (χ4n) is 4.65. The second kappa shape index (κ2) is 11.6. The lowest BCUT2D eigenvalue weighted by Gasteiger charge is -2.31. The van der Waals surface area contributed by atoms with Gasteiger partial charge in [-0.3, -0.25) is 10.2 Å². The predicted octanol–water partition coefficient (Wildman–Crippen LogP) is 3.80. The van der Waals surface area contributed by atoms with Crippen molar-refractivity contribution in [3.05, 3.63) is 64.2 Å². The minimum atomic E-state index is -5.03. The van der Waals surface area contributed by atoms with Crippen LogP contribution in [0.3, 0.4) is 0 Å². The smallest absolute Gasteiger partial charge is 0.417 e. The number of carbonyl (C=O) groups is 1. The molecule has 0 radical (unpaired) electrons. The van der Waals surface area contributed by atoms with Gasteiger partial charge in [0.2, 0.25) is 0 Å². The monoisotopic (exact) mass is 515 g/mol. The van der Waals surface area contributed by atoms with Gasteiger partial charge in [0.15, 0.2) is 6.23 Å². The molecule has 2 atom stereocenters. The second-order valence-corrected chi connectivity index (χ2v) is 8.82. The molecule has 2 heterocycles. The molecule has 4 rings (SSSR count). The summed E-state index contributed by atoms with van der Waals surface area (Å²) in [6.45, 7) is 5.44. The fourth-order valence-corrected chi connectivity index (χ4v) is 4.65. The fraction of sp³-hybridized carbons (Fsp3) is 0.480. The van der Waals surface area contributed by atoms with Crippen LogP contribution in [0.15, 0.2) is 36.4 Å². The van der Waals surface area contributed by atoms with Gasteiger partial charge in [-0.15, -0.1) is 0 Å². The standard InChI is InChI=1S/C24H28F5N3O2.CH2O/c1-34-19-6-7-20(21(10-19)24(27,28)29)23(25,26)22(33)31-11-15-4-5-16-13-32(14-17(16)9-15)18-3-2-8-30-12-18;1-2/h4-7,9-10,18,22,30-31,33H,2-3,8,11-14H2,1H3;1H2. The molecule has 2 aliphatic heterocycles. The van der Waals surface area contributed by atoms with Crippen LogP contribution in [-0.4, -0.2) is 49.3 Å². The highest BCUT2D eigenvalue weighted by atomic mass is 19.4. The van der Waals surface area contributed by atoms with Crippen molar-refractivity contribution in [3.8, 4) is 5.75 Å². The van der Waals surface area contributed by atoms with E-state index >= 15 is 0 Å². The van der Waals surface area contributed by atoms with Crippen LogP contribution in [0, 0.1) is 0 Å². The van der Waals surface area contributed by atoms with E-state index in [1.165, 1.54) is 5.56 Å². The number of alkyl halides is 5. The molecule has 0 aromatic heterocycles. The summed E-state index contributed by atoms with van der Waals surface area (Å²) < 4.78 is 74.7. The van der Waals surface area contributed by atoms with Gasteiger partial charge < -0.3 is 20.0 Å². The van der Waals surface area contributed by atoms with E-state index in [0.29, 0.717) is 23.7 Å². The molecule has 198 valence electrons. The number of nitrogens with one attached hydrogen (secondary N) is 2. The lowest BCUT2D eigenvalue weighted by atomic mass is 9.99. The van der Waals surface area contributed by atoms with E-state index in [1.54, 1.807) is 6.07 Å². The molecule has 1 saturated heterocycles. The van der Waals surface area contributed by atoms with Crippen LogP contribution in [-0.2, 0) is 36.5 Å². The molecule has 0 aliphatic carbocycles. The summed E-state index contributed by atoms with van der Waals surface area (Å²) >= 11 is 0. The van der Waals surface area contributed by atoms with Crippen molar-refractivity contribution >= 4 is 6.79 Å². The Morgan fingerprint density at radius 3 is 2.47 bits per heavy atom. The largest absolute Gasteiger partial charge is 0.497 e. The molecule has 11 heteroatoms. The summed E-state index contributed by atoms with van der Waals surface area (Å²) in [5.74, 6) is -4.39. The number of aliphatic hydroxyl groups is 1. The summed E-state index contributed by atoms with van der Waals surface area (Å²) in [5, 5.41) is 15.8. The lowest BCUT2D eigenvalue weighted by Crippen LogP contribution is -2.43. The van der Waals surface area contributed by atoms with Gasteiger partial charge in [0.05, 0.1) is 12.7 Å². The molecule has 2 aliphatic rings. The molecule has 2 aromatic carbocycles. The van der Waals surface area contributed by atoms with E-state index in [1.807, 2.05) is 18.9 Å². The third-order valence-electron chi connectivity index (χ3n) is 6.54. The minimum absolute atomic E-state index is 0.119. The van der Waals surface area contributed by atoms with Crippen molar-refractivity contribution in [3.63, 3.8) is 0 Å². The molecule has 3 N–H and O–H groups in total. The average Bonchev–Trinajstić information content (AvgIpc) is 3.31. The summed E-state index contributed by atoms with van der Waals surface area (Å²) in [4.78, 5) is 10.4. The zero-order valence-corrected chi connectivity index (χ0v) is 19.9. The number of aliphatic hydroxyl groups excluding tert-OH is 1. The quantitative estimate of drug-likeness (QED) is 0.385. The highest BCUT2D eigenvalue weighted by Gasteiger charge is 2.47. The number of rotatable bonds is 7. The Morgan fingerprint density at radius 2 is 1.83 bits per heavy atom. The van der Waals surface area contributed by atoms with Crippen molar-refractivity contribution in [2.45, 2.75) is 56.8 Å².